The van der Waals surface area contributed by atoms with Crippen LogP contribution in [-0.4, -0.2) is 11.7 Å². The topological polar surface area (TPSA) is 40.9 Å². The molecule has 0 aliphatic rings. The van der Waals surface area contributed by atoms with Crippen LogP contribution in [-0.2, 0) is 4.79 Å². The van der Waals surface area contributed by atoms with Crippen LogP contribution in [0.4, 0.5) is 0 Å². The predicted molar refractivity (Wildman–Crippen MR) is 21.3 cm³/mol. The monoisotopic (exact) mass is 103 g/mol. The highest BCUT2D eigenvalue weighted by atomic mass is 35.5. The lowest BCUT2D eigenvalue weighted by Gasteiger charge is -1.66. The first kappa shape index (κ1) is 5.45. The summed E-state index contributed by atoms with van der Waals surface area (Å²) in [6.07, 6.45) is 0. The number of hydrogen-bond donors (Lipinski definition) is 0. The van der Waals surface area contributed by atoms with Crippen molar-refractivity contribution in [3.8, 4) is 6.07 Å². The van der Waals surface area contributed by atoms with Gasteiger partial charge in [-0.15, -0.1) is 11.6 Å². The fourth-order valence-electron chi connectivity index (χ4n) is 0.0299. The fraction of sp³-hybridized carbons (Fsp3) is 0.333. The second-order valence-corrected chi connectivity index (χ2v) is 0.936. The summed E-state index contributed by atoms with van der Waals surface area (Å²) in [6, 6.07) is 1.34. The molecule has 3 heteroatoms. The Morgan fingerprint density at radius 2 is 2.50 bits per heavy atom. The van der Waals surface area contributed by atoms with E-state index in [4.69, 9.17) is 16.9 Å². The van der Waals surface area contributed by atoms with Crippen molar-refractivity contribution in [3.05, 3.63) is 0 Å². The van der Waals surface area contributed by atoms with Gasteiger partial charge >= 0.3 is 0 Å². The van der Waals surface area contributed by atoms with Gasteiger partial charge < -0.3 is 0 Å². The Balaban J connectivity index is 3.33. The molecule has 0 bridgehead atoms. The molecule has 0 fully saturated rings. The zero-order chi connectivity index (χ0) is 4.99. The number of hydrogen-bond acceptors (Lipinski definition) is 2. The molecule has 2 nitrogen and oxygen atoms in total. The molecule has 0 heterocycles. The molecule has 0 rings (SSSR count). The lowest BCUT2D eigenvalue weighted by Crippen LogP contribution is -1.90. The third kappa shape index (κ3) is 1.74. The smallest absolute Gasteiger partial charge is 0.246 e. The molecule has 0 aromatic rings. The van der Waals surface area contributed by atoms with Crippen LogP contribution in [0.5, 0.6) is 0 Å². The van der Waals surface area contributed by atoms with Crippen molar-refractivity contribution in [3.63, 3.8) is 0 Å². The molecule has 0 aliphatic heterocycles. The maximum absolute atomic E-state index is 9.69. The van der Waals surface area contributed by atoms with Crippen molar-refractivity contribution in [2.75, 3.05) is 5.88 Å². The van der Waals surface area contributed by atoms with E-state index in [-0.39, 0.29) is 5.88 Å². The van der Waals surface area contributed by atoms with Gasteiger partial charge in [-0.3, -0.25) is 4.79 Å². The molecule has 0 aromatic carbocycles. The molecular weight excluding hydrogens is 101 g/mol. The quantitative estimate of drug-likeness (QED) is 0.354. The minimum Gasteiger partial charge on any atom is -0.281 e. The van der Waals surface area contributed by atoms with Crippen LogP contribution < -0.4 is 0 Å². The van der Waals surface area contributed by atoms with Crippen LogP contribution in [0.3, 0.4) is 0 Å². The molecule has 32 valence electrons. The molecule has 0 radical (unpaired) electrons. The highest BCUT2D eigenvalue weighted by Crippen LogP contribution is 1.72. The van der Waals surface area contributed by atoms with Crippen molar-refractivity contribution < 1.29 is 4.79 Å². The Labute approximate surface area is 40.3 Å². The van der Waals surface area contributed by atoms with Crippen molar-refractivity contribution >= 4 is 17.4 Å². The van der Waals surface area contributed by atoms with E-state index in [0.717, 1.165) is 0 Å². The van der Waals surface area contributed by atoms with E-state index in [1.807, 2.05) is 0 Å². The molecule has 0 aliphatic carbocycles. The number of nitriles is 1. The van der Waals surface area contributed by atoms with Crippen LogP contribution in [0.1, 0.15) is 0 Å². The van der Waals surface area contributed by atoms with Gasteiger partial charge in [0.15, 0.2) is 0 Å². The number of rotatable bonds is 1. The van der Waals surface area contributed by atoms with Gasteiger partial charge in [-0.1, -0.05) is 0 Å². The summed E-state index contributed by atoms with van der Waals surface area (Å²) >= 11 is 4.88. The molecule has 0 saturated carbocycles. The SMILES string of the molecule is N#CC(=O)CCl. The van der Waals surface area contributed by atoms with E-state index in [9.17, 15) is 4.79 Å². The molecule has 0 aromatic heterocycles. The van der Waals surface area contributed by atoms with Crippen LogP contribution in [0, 0.1) is 11.3 Å². The lowest BCUT2D eigenvalue weighted by molar-refractivity contribution is -0.111. The van der Waals surface area contributed by atoms with Crippen molar-refractivity contribution in [2.45, 2.75) is 0 Å². The second kappa shape index (κ2) is 2.67. The van der Waals surface area contributed by atoms with Gasteiger partial charge in [0.25, 0.3) is 0 Å². The van der Waals surface area contributed by atoms with Gasteiger partial charge in [0, 0.05) is 0 Å². The van der Waals surface area contributed by atoms with Gasteiger partial charge in [-0.05, 0) is 0 Å². The molecule has 0 amide bonds. The highest BCUT2D eigenvalue weighted by molar-refractivity contribution is 6.30. The Morgan fingerprint density at radius 3 is 2.50 bits per heavy atom. The standard InChI is InChI=1S/C3H2ClNO/c4-1-3(6)2-5/h1H2. The summed E-state index contributed by atoms with van der Waals surface area (Å²) < 4.78 is 0. The average molecular weight is 104 g/mol. The molecule has 0 spiro atoms. The number of carbonyl (C=O) groups is 1. The van der Waals surface area contributed by atoms with Gasteiger partial charge in [-0.2, -0.15) is 5.26 Å². The number of ketones is 1. The van der Waals surface area contributed by atoms with Gasteiger partial charge in [0.2, 0.25) is 5.78 Å². The largest absolute Gasteiger partial charge is 0.281 e. The summed E-state index contributed by atoms with van der Waals surface area (Å²) in [4.78, 5) is 9.69. The molecule has 0 saturated heterocycles. The van der Waals surface area contributed by atoms with Crippen molar-refractivity contribution in [1.82, 2.24) is 0 Å². The van der Waals surface area contributed by atoms with E-state index in [1.54, 1.807) is 0 Å². The molecule has 0 unspecified atom stereocenters. The molecular formula is C3H2ClNO. The summed E-state index contributed by atoms with van der Waals surface area (Å²) in [7, 11) is 0. The van der Waals surface area contributed by atoms with E-state index >= 15 is 0 Å². The number of alkyl halides is 1. The van der Waals surface area contributed by atoms with Crippen LogP contribution in [0.15, 0.2) is 0 Å². The highest BCUT2D eigenvalue weighted by Gasteiger charge is 1.89. The van der Waals surface area contributed by atoms with E-state index in [0.29, 0.717) is 0 Å². The number of halogens is 1. The summed E-state index contributed by atoms with van der Waals surface area (Å²) in [5.41, 5.74) is 0. The zero-order valence-corrected chi connectivity index (χ0v) is 3.70. The normalized spacial score (nSPS) is 6.67. The first-order valence-corrected chi connectivity index (χ1v) is 1.83. The van der Waals surface area contributed by atoms with Crippen molar-refractivity contribution in [2.24, 2.45) is 0 Å². The maximum Gasteiger partial charge on any atom is 0.246 e. The summed E-state index contributed by atoms with van der Waals surface area (Å²) in [6.45, 7) is 0. The maximum atomic E-state index is 9.69. The molecule has 6 heavy (non-hydrogen) atoms. The predicted octanol–water partition coefficient (Wildman–Crippen LogP) is 0.318. The number of Topliss-reactive ketones (excluding diaryl/α,β-unsaturated/α-hetero) is 1. The van der Waals surface area contributed by atoms with E-state index in [2.05, 4.69) is 0 Å². The van der Waals surface area contributed by atoms with E-state index < -0.39 is 5.78 Å². The van der Waals surface area contributed by atoms with Crippen LogP contribution in [0.25, 0.3) is 0 Å². The Hall–Kier alpha value is -0.550. The van der Waals surface area contributed by atoms with Crippen molar-refractivity contribution in [1.29, 1.82) is 5.26 Å². The first-order chi connectivity index (χ1) is 2.81. The average Bonchev–Trinajstić information content (AvgIpc) is 1.65. The zero-order valence-electron chi connectivity index (χ0n) is 2.94. The Kier molecular flexibility index (Phi) is 2.43. The van der Waals surface area contributed by atoms with Crippen LogP contribution in [0.2, 0.25) is 0 Å². The second-order valence-electron chi connectivity index (χ2n) is 0.669. The van der Waals surface area contributed by atoms with Gasteiger partial charge in [-0.25, -0.2) is 0 Å². The van der Waals surface area contributed by atoms with Crippen LogP contribution >= 0.6 is 11.6 Å². The minimum absolute atomic E-state index is 0.198. The third-order valence-electron chi connectivity index (χ3n) is 0.246. The van der Waals surface area contributed by atoms with Gasteiger partial charge in [0.1, 0.15) is 6.07 Å². The number of carbonyl (C=O) groups excluding carboxylic acids is 1. The number of nitrogens with zero attached hydrogens (tertiary/aromatic N) is 1. The fourth-order valence-corrected chi connectivity index (χ4v) is 0.0896. The minimum atomic E-state index is -0.586. The van der Waals surface area contributed by atoms with Gasteiger partial charge in [0.05, 0.1) is 5.88 Å². The first-order valence-electron chi connectivity index (χ1n) is 1.30. The molecule has 0 atom stereocenters. The van der Waals surface area contributed by atoms with E-state index in [1.165, 1.54) is 6.07 Å². The summed E-state index contributed by atoms with van der Waals surface area (Å²) in [5.74, 6) is -0.784. The third-order valence-corrected chi connectivity index (χ3v) is 0.489. The Bertz CT molecular complexity index is 93.5. The summed E-state index contributed by atoms with van der Waals surface area (Å²) in [5, 5.41) is 7.65. The lowest BCUT2D eigenvalue weighted by atomic mass is 10.5. The molecule has 0 N–H and O–H groups in total. The Morgan fingerprint density at radius 1 is 2.00 bits per heavy atom.